The molecular weight excluding hydrogens is 608 g/mol. The van der Waals surface area contributed by atoms with Gasteiger partial charge in [0.05, 0.1) is 26.4 Å². The van der Waals surface area contributed by atoms with Gasteiger partial charge < -0.3 is 37.9 Å². The number of epoxide rings is 4. The lowest BCUT2D eigenvalue weighted by Gasteiger charge is -2.19. The van der Waals surface area contributed by atoms with Crippen LogP contribution in [0, 0.1) is 6.92 Å². The molecule has 4 unspecified atom stereocenters. The minimum absolute atomic E-state index is 0.137. The van der Waals surface area contributed by atoms with Crippen molar-refractivity contribution in [2.45, 2.75) is 50.6 Å². The molecule has 4 fully saturated rings. The third-order valence-corrected chi connectivity index (χ3v) is 9.01. The number of hydrogen-bond donors (Lipinski definition) is 0. The molecule has 4 atom stereocenters. The van der Waals surface area contributed by atoms with E-state index in [1.807, 2.05) is 12.1 Å². The van der Waals surface area contributed by atoms with Gasteiger partial charge in [0.2, 0.25) is 0 Å². The fourth-order valence-electron chi connectivity index (χ4n) is 5.98. The molecule has 0 saturated carbocycles. The molecule has 4 aliphatic heterocycles. The summed E-state index contributed by atoms with van der Waals surface area (Å²) in [6.45, 7) is 7.32. The van der Waals surface area contributed by atoms with E-state index >= 15 is 0 Å². The lowest BCUT2D eigenvalue weighted by atomic mass is 9.94. The molecule has 0 aliphatic carbocycles. The van der Waals surface area contributed by atoms with E-state index in [9.17, 15) is 0 Å². The predicted octanol–water partition coefficient (Wildman–Crippen LogP) is 5.88. The first-order valence-corrected chi connectivity index (χ1v) is 17.0. The van der Waals surface area contributed by atoms with Crippen molar-refractivity contribution in [1.29, 1.82) is 0 Å². The predicted molar refractivity (Wildman–Crippen MR) is 180 cm³/mol. The molecule has 0 aromatic heterocycles. The summed E-state index contributed by atoms with van der Waals surface area (Å²) in [6.07, 6.45) is 2.77. The minimum Gasteiger partial charge on any atom is -0.490 e. The highest BCUT2D eigenvalue weighted by Gasteiger charge is 2.27. The van der Waals surface area contributed by atoms with E-state index in [-0.39, 0.29) is 24.4 Å². The third kappa shape index (κ3) is 8.31. The van der Waals surface area contributed by atoms with Crippen LogP contribution >= 0.6 is 0 Å². The second kappa shape index (κ2) is 14.2. The van der Waals surface area contributed by atoms with Gasteiger partial charge in [0.15, 0.2) is 0 Å². The van der Waals surface area contributed by atoms with Crippen LogP contribution in [0.15, 0.2) is 78.9 Å². The molecule has 0 spiro atoms. The Balaban J connectivity index is 1.08. The van der Waals surface area contributed by atoms with Crippen LogP contribution in [0.4, 0.5) is 0 Å². The zero-order valence-corrected chi connectivity index (χ0v) is 27.4. The highest BCUT2D eigenvalue weighted by molar-refractivity contribution is 5.51. The van der Waals surface area contributed by atoms with Crippen LogP contribution in [0.5, 0.6) is 23.0 Å². The molecule has 8 rings (SSSR count). The number of para-hydroxylation sites is 3. The average Bonchev–Trinajstić information content (AvgIpc) is 3.91. The van der Waals surface area contributed by atoms with Crippen molar-refractivity contribution >= 4 is 0 Å². The second-order valence-corrected chi connectivity index (χ2v) is 13.1. The summed E-state index contributed by atoms with van der Waals surface area (Å²) in [5.74, 6) is 3.58. The van der Waals surface area contributed by atoms with Gasteiger partial charge in [-0.25, -0.2) is 0 Å². The molecule has 8 nitrogen and oxygen atoms in total. The van der Waals surface area contributed by atoms with Crippen LogP contribution in [0.1, 0.15) is 38.9 Å². The number of hydrogen-bond acceptors (Lipinski definition) is 8. The summed E-state index contributed by atoms with van der Waals surface area (Å²) in [4.78, 5) is 0. The maximum atomic E-state index is 6.57. The fourth-order valence-corrected chi connectivity index (χ4v) is 5.98. The monoisotopic (exact) mass is 650 g/mol. The molecule has 4 aromatic carbocycles. The Kier molecular flexibility index (Phi) is 9.22. The standard InChI is InChI=1S/C40H42O8/c1-26-6-4-8-29(39(26)47-24-35-20-43-35)14-27-12-13-38(46-23-34-19-42-34)32(15-27)17-31-10-5-9-30(40(31)48-25-36-21-44-36)16-28-7-2-3-11-37(28)45-22-33-18-41-33/h2-13,15,33-36H,14,16-25H2,1H3. The van der Waals surface area contributed by atoms with Crippen LogP contribution in [-0.4, -0.2) is 77.3 Å². The largest absolute Gasteiger partial charge is 0.490 e. The number of rotatable bonds is 18. The summed E-state index contributed by atoms with van der Waals surface area (Å²) in [6, 6.07) is 27.5. The molecule has 48 heavy (non-hydrogen) atoms. The summed E-state index contributed by atoms with van der Waals surface area (Å²) in [7, 11) is 0. The first-order chi connectivity index (χ1) is 23.6. The lowest BCUT2D eigenvalue weighted by Crippen LogP contribution is -2.11. The van der Waals surface area contributed by atoms with Crippen LogP contribution in [-0.2, 0) is 38.2 Å². The van der Waals surface area contributed by atoms with E-state index in [0.717, 1.165) is 89.2 Å². The molecule has 0 bridgehead atoms. The van der Waals surface area contributed by atoms with Crippen molar-refractivity contribution in [2.24, 2.45) is 0 Å². The van der Waals surface area contributed by atoms with Gasteiger partial charge in [-0.2, -0.15) is 0 Å². The van der Waals surface area contributed by atoms with Gasteiger partial charge in [0.25, 0.3) is 0 Å². The van der Waals surface area contributed by atoms with E-state index in [1.165, 1.54) is 5.56 Å². The van der Waals surface area contributed by atoms with Crippen molar-refractivity contribution in [2.75, 3.05) is 52.9 Å². The van der Waals surface area contributed by atoms with Gasteiger partial charge in [-0.1, -0.05) is 66.7 Å². The molecule has 8 heteroatoms. The number of ether oxygens (including phenoxy) is 8. The Morgan fingerprint density at radius 1 is 0.479 bits per heavy atom. The molecular formula is C40H42O8. The molecule has 4 heterocycles. The lowest BCUT2D eigenvalue weighted by molar-refractivity contribution is 0.257. The number of aryl methyl sites for hydroxylation is 1. The van der Waals surface area contributed by atoms with Crippen molar-refractivity contribution < 1.29 is 37.9 Å². The Labute approximate surface area is 281 Å². The van der Waals surface area contributed by atoms with Gasteiger partial charge in [-0.3, -0.25) is 0 Å². The highest BCUT2D eigenvalue weighted by atomic mass is 16.6. The van der Waals surface area contributed by atoms with Gasteiger partial charge >= 0.3 is 0 Å². The molecule has 4 aromatic rings. The minimum atomic E-state index is 0.137. The van der Waals surface area contributed by atoms with E-state index in [0.29, 0.717) is 39.3 Å². The highest BCUT2D eigenvalue weighted by Crippen LogP contribution is 2.35. The summed E-state index contributed by atoms with van der Waals surface area (Å²) < 4.78 is 47.1. The SMILES string of the molecule is Cc1cccc(Cc2ccc(OCC3CO3)c(Cc3cccc(Cc4ccccc4OCC4CO4)c3OCC3CO3)c2)c1OCC1CO1. The zero-order valence-electron chi connectivity index (χ0n) is 27.4. The van der Waals surface area contributed by atoms with E-state index in [1.54, 1.807) is 0 Å². The van der Waals surface area contributed by atoms with Gasteiger partial charge in [-0.15, -0.1) is 0 Å². The summed E-state index contributed by atoms with van der Waals surface area (Å²) >= 11 is 0. The van der Waals surface area contributed by atoms with Crippen LogP contribution < -0.4 is 18.9 Å². The van der Waals surface area contributed by atoms with Gasteiger partial charge in [0, 0.05) is 19.3 Å². The van der Waals surface area contributed by atoms with Crippen molar-refractivity contribution in [1.82, 2.24) is 0 Å². The molecule has 4 aliphatic rings. The summed E-state index contributed by atoms with van der Waals surface area (Å²) in [5, 5.41) is 0. The van der Waals surface area contributed by atoms with Crippen LogP contribution in [0.2, 0.25) is 0 Å². The van der Waals surface area contributed by atoms with E-state index < -0.39 is 0 Å². The fraction of sp³-hybridized carbons (Fsp3) is 0.400. The maximum Gasteiger partial charge on any atom is 0.126 e. The van der Waals surface area contributed by atoms with Crippen LogP contribution in [0.25, 0.3) is 0 Å². The van der Waals surface area contributed by atoms with Gasteiger partial charge in [0.1, 0.15) is 73.8 Å². The van der Waals surface area contributed by atoms with Gasteiger partial charge in [-0.05, 0) is 58.0 Å². The maximum absolute atomic E-state index is 6.57. The Morgan fingerprint density at radius 2 is 0.958 bits per heavy atom. The van der Waals surface area contributed by atoms with E-state index in [2.05, 4.69) is 73.7 Å². The average molecular weight is 651 g/mol. The zero-order chi connectivity index (χ0) is 32.3. The third-order valence-electron chi connectivity index (χ3n) is 9.01. The van der Waals surface area contributed by atoms with Crippen molar-refractivity contribution in [3.8, 4) is 23.0 Å². The second-order valence-electron chi connectivity index (χ2n) is 13.1. The normalized spacial score (nSPS) is 21.8. The molecule has 0 N–H and O–H groups in total. The Hall–Kier alpha value is -4.08. The Bertz CT molecular complexity index is 1720. The first-order valence-electron chi connectivity index (χ1n) is 17.0. The molecule has 4 saturated heterocycles. The first kappa shape index (κ1) is 31.2. The Morgan fingerprint density at radius 3 is 1.58 bits per heavy atom. The molecule has 0 amide bonds. The van der Waals surface area contributed by atoms with Crippen LogP contribution in [0.3, 0.4) is 0 Å². The van der Waals surface area contributed by atoms with Crippen molar-refractivity contribution in [3.63, 3.8) is 0 Å². The summed E-state index contributed by atoms with van der Waals surface area (Å²) in [5.41, 5.74) is 7.91. The van der Waals surface area contributed by atoms with E-state index in [4.69, 9.17) is 37.9 Å². The molecule has 250 valence electrons. The molecule has 0 radical (unpaired) electrons. The quantitative estimate of drug-likeness (QED) is 0.124. The number of benzene rings is 4. The topological polar surface area (TPSA) is 87.0 Å². The van der Waals surface area contributed by atoms with Crippen molar-refractivity contribution in [3.05, 3.63) is 118 Å². The smallest absolute Gasteiger partial charge is 0.126 e.